The monoisotopic (exact) mass is 398 g/mol. The van der Waals surface area contributed by atoms with Gasteiger partial charge in [0.05, 0.1) is 18.8 Å². The number of carbonyl (C=O) groups excluding carboxylic acids is 1. The fraction of sp³-hybridized carbons (Fsp3) is 0.696. The molecule has 2 fully saturated rings. The number of nitrogens with zero attached hydrogens (tertiary/aromatic N) is 4. The molecule has 1 saturated carbocycles. The first kappa shape index (κ1) is 20.3. The summed E-state index contributed by atoms with van der Waals surface area (Å²) in [5.74, 6) is 1.01. The van der Waals surface area contributed by atoms with Crippen molar-refractivity contribution in [1.82, 2.24) is 19.5 Å². The Hall–Kier alpha value is -1.95. The highest BCUT2D eigenvalue weighted by atomic mass is 16.5. The van der Waals surface area contributed by atoms with Gasteiger partial charge in [-0.2, -0.15) is 5.10 Å². The second-order valence-corrected chi connectivity index (χ2v) is 9.66. The van der Waals surface area contributed by atoms with E-state index in [1.807, 2.05) is 29.3 Å². The Morgan fingerprint density at radius 3 is 2.69 bits per heavy atom. The first-order chi connectivity index (χ1) is 13.8. The summed E-state index contributed by atoms with van der Waals surface area (Å²) in [5, 5.41) is 4.68. The van der Waals surface area contributed by atoms with Gasteiger partial charge in [0, 0.05) is 24.0 Å². The van der Waals surface area contributed by atoms with E-state index in [0.29, 0.717) is 31.4 Å². The molecule has 3 heterocycles. The molecule has 1 aliphatic carbocycles. The summed E-state index contributed by atoms with van der Waals surface area (Å²) in [5.41, 5.74) is 3.20. The number of carbonyl (C=O) groups is 1. The molecule has 0 atom stereocenters. The lowest BCUT2D eigenvalue weighted by Gasteiger charge is -2.41. The third-order valence-corrected chi connectivity index (χ3v) is 6.43. The Morgan fingerprint density at radius 2 is 2.00 bits per heavy atom. The molecule has 6 heteroatoms. The minimum atomic E-state index is -0.328. The molecule has 1 aliphatic heterocycles. The quantitative estimate of drug-likeness (QED) is 0.773. The largest absolute Gasteiger partial charge is 0.377 e. The molecule has 4 rings (SSSR count). The molecule has 2 aliphatic rings. The maximum atomic E-state index is 13.2. The summed E-state index contributed by atoms with van der Waals surface area (Å²) < 4.78 is 7.44. The Morgan fingerprint density at radius 1 is 1.24 bits per heavy atom. The van der Waals surface area contributed by atoms with Gasteiger partial charge >= 0.3 is 0 Å². The van der Waals surface area contributed by atoms with Gasteiger partial charge in [-0.25, -0.2) is 9.50 Å². The fourth-order valence-electron chi connectivity index (χ4n) is 4.73. The number of rotatable bonds is 4. The molecule has 1 amide bonds. The molecule has 0 unspecified atom stereocenters. The van der Waals surface area contributed by atoms with Gasteiger partial charge in [-0.1, -0.05) is 46.0 Å². The van der Waals surface area contributed by atoms with Gasteiger partial charge in [0.15, 0.2) is 11.3 Å². The second-order valence-electron chi connectivity index (χ2n) is 9.66. The zero-order valence-electron chi connectivity index (χ0n) is 18.3. The van der Waals surface area contributed by atoms with Crippen molar-refractivity contribution in [3.8, 4) is 0 Å². The average Bonchev–Trinajstić information content (AvgIpc) is 3.11. The number of amides is 1. The first-order valence-electron chi connectivity index (χ1n) is 11.1. The normalized spacial score (nSPS) is 20.5. The summed E-state index contributed by atoms with van der Waals surface area (Å²) in [6.07, 6.45) is 7.68. The summed E-state index contributed by atoms with van der Waals surface area (Å²) in [7, 11) is 0. The van der Waals surface area contributed by atoms with E-state index in [1.165, 1.54) is 32.1 Å². The Kier molecular flexibility index (Phi) is 5.65. The molecule has 0 radical (unpaired) electrons. The summed E-state index contributed by atoms with van der Waals surface area (Å²) in [6, 6.07) is 4.07. The smallest absolute Gasteiger partial charge is 0.275 e. The zero-order chi connectivity index (χ0) is 20.6. The Bertz CT molecular complexity index is 880. The topological polar surface area (TPSA) is 59.7 Å². The predicted octanol–water partition coefficient (Wildman–Crippen LogP) is 4.23. The van der Waals surface area contributed by atoms with Crippen molar-refractivity contribution in [2.45, 2.75) is 77.7 Å². The minimum absolute atomic E-state index is 0.0349. The average molecular weight is 399 g/mol. The third-order valence-electron chi connectivity index (χ3n) is 6.43. The van der Waals surface area contributed by atoms with Crippen LogP contribution in [0.25, 0.3) is 5.65 Å². The van der Waals surface area contributed by atoms with Crippen molar-refractivity contribution in [3.05, 3.63) is 29.2 Å². The lowest BCUT2D eigenvalue weighted by Crippen LogP contribution is -2.55. The molecule has 6 nitrogen and oxygen atoms in total. The molecule has 2 aromatic rings. The van der Waals surface area contributed by atoms with Crippen LogP contribution in [0.5, 0.6) is 0 Å². The molecule has 0 bridgehead atoms. The van der Waals surface area contributed by atoms with E-state index in [-0.39, 0.29) is 11.4 Å². The van der Waals surface area contributed by atoms with E-state index < -0.39 is 0 Å². The van der Waals surface area contributed by atoms with Gasteiger partial charge in [0.25, 0.3) is 5.91 Å². The van der Waals surface area contributed by atoms with Crippen molar-refractivity contribution in [1.29, 1.82) is 0 Å². The SMILES string of the molecule is CC(C)c1cc(CC2CCCCC2)nc2cc(C(=O)N3CCOCC3(C)C)nn12. The van der Waals surface area contributed by atoms with Crippen LogP contribution in [-0.2, 0) is 11.2 Å². The summed E-state index contributed by atoms with van der Waals surface area (Å²) in [4.78, 5) is 20.0. The number of hydrogen-bond acceptors (Lipinski definition) is 4. The molecule has 0 aromatic carbocycles. The van der Waals surface area contributed by atoms with Gasteiger partial charge in [-0.05, 0) is 38.2 Å². The molecule has 1 saturated heterocycles. The van der Waals surface area contributed by atoms with E-state index >= 15 is 0 Å². The van der Waals surface area contributed by atoms with Crippen LogP contribution in [0.2, 0.25) is 0 Å². The van der Waals surface area contributed by atoms with Crippen LogP contribution in [0, 0.1) is 5.92 Å². The van der Waals surface area contributed by atoms with E-state index in [2.05, 4.69) is 25.0 Å². The highest BCUT2D eigenvalue weighted by Crippen LogP contribution is 2.28. The molecule has 2 aromatic heterocycles. The second kappa shape index (κ2) is 8.05. The van der Waals surface area contributed by atoms with Gasteiger partial charge in [0.1, 0.15) is 0 Å². The van der Waals surface area contributed by atoms with Gasteiger partial charge < -0.3 is 9.64 Å². The van der Waals surface area contributed by atoms with Crippen LogP contribution in [-0.4, -0.2) is 50.7 Å². The maximum Gasteiger partial charge on any atom is 0.275 e. The van der Waals surface area contributed by atoms with Crippen molar-refractivity contribution < 1.29 is 9.53 Å². The van der Waals surface area contributed by atoms with E-state index in [1.54, 1.807) is 0 Å². The fourth-order valence-corrected chi connectivity index (χ4v) is 4.73. The van der Waals surface area contributed by atoms with Crippen molar-refractivity contribution >= 4 is 11.6 Å². The van der Waals surface area contributed by atoms with Gasteiger partial charge in [-0.15, -0.1) is 0 Å². The van der Waals surface area contributed by atoms with Crippen LogP contribution < -0.4 is 0 Å². The predicted molar refractivity (Wildman–Crippen MR) is 113 cm³/mol. The number of morpholine rings is 1. The van der Waals surface area contributed by atoms with E-state index in [4.69, 9.17) is 9.72 Å². The Labute approximate surface area is 173 Å². The van der Waals surface area contributed by atoms with Crippen molar-refractivity contribution in [2.24, 2.45) is 5.92 Å². The van der Waals surface area contributed by atoms with E-state index in [0.717, 1.165) is 29.4 Å². The molecule has 0 spiro atoms. The summed E-state index contributed by atoms with van der Waals surface area (Å²) in [6.45, 7) is 10.1. The zero-order valence-corrected chi connectivity index (χ0v) is 18.3. The number of hydrogen-bond donors (Lipinski definition) is 0. The molecular formula is C23H34N4O2. The Balaban J connectivity index is 1.66. The third kappa shape index (κ3) is 4.18. The molecule has 158 valence electrons. The van der Waals surface area contributed by atoms with Crippen molar-refractivity contribution in [3.63, 3.8) is 0 Å². The van der Waals surface area contributed by atoms with Crippen LogP contribution in [0.4, 0.5) is 0 Å². The highest BCUT2D eigenvalue weighted by molar-refractivity contribution is 5.94. The number of fused-ring (bicyclic) bond motifs is 1. The standard InChI is InChI=1S/C23H34N4O2/c1-16(2)20-13-18(12-17-8-6-5-7-9-17)24-21-14-19(25-27(20)21)22(28)26-10-11-29-15-23(26,3)4/h13-14,16-17H,5-12,15H2,1-4H3. The lowest BCUT2D eigenvalue weighted by atomic mass is 9.86. The number of aromatic nitrogens is 3. The minimum Gasteiger partial charge on any atom is -0.377 e. The number of ether oxygens (including phenoxy) is 1. The van der Waals surface area contributed by atoms with Crippen LogP contribution in [0.1, 0.15) is 87.6 Å². The molecule has 29 heavy (non-hydrogen) atoms. The van der Waals surface area contributed by atoms with Gasteiger partial charge in [-0.3, -0.25) is 4.79 Å². The molecule has 0 N–H and O–H groups in total. The van der Waals surface area contributed by atoms with E-state index in [9.17, 15) is 4.79 Å². The highest BCUT2D eigenvalue weighted by Gasteiger charge is 2.35. The first-order valence-corrected chi connectivity index (χ1v) is 11.1. The van der Waals surface area contributed by atoms with Crippen LogP contribution in [0.3, 0.4) is 0 Å². The lowest BCUT2D eigenvalue weighted by molar-refractivity contribution is -0.0373. The summed E-state index contributed by atoms with van der Waals surface area (Å²) >= 11 is 0. The van der Waals surface area contributed by atoms with Gasteiger partial charge in [0.2, 0.25) is 0 Å². The van der Waals surface area contributed by atoms with Crippen molar-refractivity contribution in [2.75, 3.05) is 19.8 Å². The maximum absolute atomic E-state index is 13.2. The molecular weight excluding hydrogens is 364 g/mol. The van der Waals surface area contributed by atoms with Crippen LogP contribution >= 0.6 is 0 Å². The van der Waals surface area contributed by atoms with Crippen LogP contribution in [0.15, 0.2) is 12.1 Å².